The van der Waals surface area contributed by atoms with Gasteiger partial charge in [-0.3, -0.25) is 24.5 Å². The molecule has 0 unspecified atom stereocenters. The molecule has 7 nitrogen and oxygen atoms in total. The van der Waals surface area contributed by atoms with Crippen LogP contribution in [0.4, 0.5) is 0 Å². The highest BCUT2D eigenvalue weighted by atomic mass is 16.2. The molecule has 41 heavy (non-hydrogen) atoms. The summed E-state index contributed by atoms with van der Waals surface area (Å²) < 4.78 is 0. The summed E-state index contributed by atoms with van der Waals surface area (Å²) in [5.41, 5.74) is 6.11. The molecule has 7 heteroatoms. The SMILES string of the molecule is C=C(/C=C\C(=C/C)NC(=O)/C(=N/C)c1cc(-c2cncc(CN3CCCCC3)c2)ccc1C)C(=O)NC(CC)CC. The van der Waals surface area contributed by atoms with Crippen molar-refractivity contribution in [2.45, 2.75) is 72.4 Å². The number of pyridine rings is 1. The summed E-state index contributed by atoms with van der Waals surface area (Å²) in [7, 11) is 1.62. The molecule has 0 aliphatic carbocycles. The van der Waals surface area contributed by atoms with Gasteiger partial charge in [0.15, 0.2) is 0 Å². The maximum Gasteiger partial charge on any atom is 0.274 e. The number of aromatic nitrogens is 1. The third-order valence-corrected chi connectivity index (χ3v) is 7.56. The van der Waals surface area contributed by atoms with Gasteiger partial charge in [-0.1, -0.05) is 45.1 Å². The minimum absolute atomic E-state index is 0.115. The number of rotatable bonds is 12. The predicted octanol–water partition coefficient (Wildman–Crippen LogP) is 5.90. The second-order valence-electron chi connectivity index (χ2n) is 10.6. The average Bonchev–Trinajstić information content (AvgIpc) is 2.99. The van der Waals surface area contributed by atoms with Gasteiger partial charge in [-0.15, -0.1) is 0 Å². The first kappa shape index (κ1) is 31.7. The van der Waals surface area contributed by atoms with Crippen molar-refractivity contribution in [2.75, 3.05) is 20.1 Å². The summed E-state index contributed by atoms with van der Waals surface area (Å²) in [4.78, 5) is 37.2. The van der Waals surface area contributed by atoms with Gasteiger partial charge in [-0.05, 0) is 93.6 Å². The fourth-order valence-electron chi connectivity index (χ4n) is 4.95. The Morgan fingerprint density at radius 2 is 1.78 bits per heavy atom. The number of nitrogens with zero attached hydrogens (tertiary/aromatic N) is 3. The largest absolute Gasteiger partial charge is 0.349 e. The third kappa shape index (κ3) is 9.08. The van der Waals surface area contributed by atoms with Crippen LogP contribution in [0.15, 0.2) is 77.7 Å². The van der Waals surface area contributed by atoms with Crippen LogP contribution >= 0.6 is 0 Å². The number of allylic oxidation sites excluding steroid dienone is 2. The zero-order chi connectivity index (χ0) is 29.8. The van der Waals surface area contributed by atoms with Gasteiger partial charge in [0, 0.05) is 54.4 Å². The van der Waals surface area contributed by atoms with E-state index in [9.17, 15) is 9.59 Å². The van der Waals surface area contributed by atoms with Gasteiger partial charge in [0.1, 0.15) is 5.71 Å². The summed E-state index contributed by atoms with van der Waals surface area (Å²) in [5.74, 6) is -0.538. The molecule has 2 aromatic rings. The maximum absolute atomic E-state index is 13.4. The van der Waals surface area contributed by atoms with E-state index >= 15 is 0 Å². The number of carbonyl (C=O) groups is 2. The molecule has 0 atom stereocenters. The van der Waals surface area contributed by atoms with Crippen molar-refractivity contribution in [3.63, 3.8) is 0 Å². The van der Waals surface area contributed by atoms with Gasteiger partial charge in [-0.2, -0.15) is 0 Å². The van der Waals surface area contributed by atoms with Gasteiger partial charge in [0.2, 0.25) is 0 Å². The van der Waals surface area contributed by atoms with E-state index in [-0.39, 0.29) is 17.9 Å². The molecule has 2 N–H and O–H groups in total. The van der Waals surface area contributed by atoms with Crippen LogP contribution in [0.3, 0.4) is 0 Å². The molecular weight excluding hydrogens is 510 g/mol. The Balaban J connectivity index is 1.74. The Morgan fingerprint density at radius 1 is 1.05 bits per heavy atom. The molecule has 0 radical (unpaired) electrons. The molecule has 3 rings (SSSR count). The van der Waals surface area contributed by atoms with Crippen LogP contribution in [-0.4, -0.2) is 53.6 Å². The van der Waals surface area contributed by atoms with Crippen molar-refractivity contribution in [1.29, 1.82) is 0 Å². The molecule has 1 aromatic heterocycles. The molecule has 2 amide bonds. The Hall–Kier alpha value is -3.84. The van der Waals surface area contributed by atoms with E-state index in [2.05, 4.69) is 44.2 Å². The molecule has 0 bridgehead atoms. The Labute approximate surface area is 245 Å². The van der Waals surface area contributed by atoms with Crippen LogP contribution < -0.4 is 10.6 Å². The lowest BCUT2D eigenvalue weighted by atomic mass is 9.96. The molecule has 2 heterocycles. The zero-order valence-electron chi connectivity index (χ0n) is 25.3. The molecule has 1 fully saturated rings. The summed E-state index contributed by atoms with van der Waals surface area (Å²) in [6.45, 7) is 14.9. The Morgan fingerprint density at radius 3 is 2.44 bits per heavy atom. The maximum atomic E-state index is 13.4. The molecule has 0 spiro atoms. The fourth-order valence-corrected chi connectivity index (χ4v) is 4.95. The second-order valence-corrected chi connectivity index (χ2v) is 10.6. The third-order valence-electron chi connectivity index (χ3n) is 7.56. The average molecular weight is 556 g/mol. The first-order chi connectivity index (χ1) is 19.8. The molecule has 1 saturated heterocycles. The minimum Gasteiger partial charge on any atom is -0.349 e. The number of hydrogen-bond acceptors (Lipinski definition) is 5. The summed E-state index contributed by atoms with van der Waals surface area (Å²) in [6.07, 6.45) is 14.4. The van der Waals surface area contributed by atoms with E-state index in [4.69, 9.17) is 0 Å². The van der Waals surface area contributed by atoms with Crippen LogP contribution in [-0.2, 0) is 16.1 Å². The molecule has 1 aliphatic heterocycles. The minimum atomic E-state index is -0.324. The number of aryl methyl sites for hydroxylation is 1. The monoisotopic (exact) mass is 555 g/mol. The van der Waals surface area contributed by atoms with E-state index in [0.29, 0.717) is 17.0 Å². The van der Waals surface area contributed by atoms with Crippen molar-refractivity contribution in [1.82, 2.24) is 20.5 Å². The highest BCUT2D eigenvalue weighted by molar-refractivity contribution is 6.46. The molecule has 1 aliphatic rings. The normalized spacial score (nSPS) is 14.9. The number of benzene rings is 1. The smallest absolute Gasteiger partial charge is 0.274 e. The first-order valence-corrected chi connectivity index (χ1v) is 14.7. The Bertz CT molecular complexity index is 1310. The molecule has 1 aromatic carbocycles. The molecule has 218 valence electrons. The van der Waals surface area contributed by atoms with Gasteiger partial charge in [0.25, 0.3) is 11.8 Å². The highest BCUT2D eigenvalue weighted by Gasteiger charge is 2.18. The number of nitrogens with one attached hydrogen (secondary N) is 2. The van der Waals surface area contributed by atoms with E-state index in [1.807, 2.05) is 52.2 Å². The first-order valence-electron chi connectivity index (χ1n) is 14.7. The quantitative estimate of drug-likeness (QED) is 0.194. The van der Waals surface area contributed by atoms with Crippen molar-refractivity contribution < 1.29 is 9.59 Å². The standard InChI is InChI=1S/C34H45N5O2/c1-7-29(8-2)37-33(40)25(5)14-16-30(9-3)38-34(41)32(35-6)31-20-27(15-13-24(31)4)28-19-26(21-36-22-28)23-39-17-11-10-12-18-39/h9,13-16,19-22,29H,5,7-8,10-12,17-18,23H2,1-4,6H3,(H,37,40)(H,38,41)/b16-14-,30-9+,35-32+. The van der Waals surface area contributed by atoms with Crippen molar-refractivity contribution >= 4 is 17.5 Å². The van der Waals surface area contributed by atoms with Crippen LogP contribution in [0.25, 0.3) is 11.1 Å². The summed E-state index contributed by atoms with van der Waals surface area (Å²) in [6, 6.07) is 8.38. The van der Waals surface area contributed by atoms with Gasteiger partial charge in [0.05, 0.1) is 0 Å². The lowest BCUT2D eigenvalue weighted by Gasteiger charge is -2.26. The lowest BCUT2D eigenvalue weighted by Crippen LogP contribution is -2.34. The molecular formula is C34H45N5O2. The number of likely N-dealkylation sites (tertiary alicyclic amines) is 1. The van der Waals surface area contributed by atoms with Crippen LogP contribution in [0, 0.1) is 6.92 Å². The van der Waals surface area contributed by atoms with E-state index < -0.39 is 0 Å². The number of hydrogen-bond donors (Lipinski definition) is 2. The van der Waals surface area contributed by atoms with Crippen molar-refractivity contribution in [2.24, 2.45) is 4.99 Å². The number of piperidine rings is 1. The van der Waals surface area contributed by atoms with Gasteiger partial charge >= 0.3 is 0 Å². The van der Waals surface area contributed by atoms with Crippen LogP contribution in [0.2, 0.25) is 0 Å². The number of amides is 2. The van der Waals surface area contributed by atoms with Crippen molar-refractivity contribution in [3.05, 3.63) is 89.4 Å². The van der Waals surface area contributed by atoms with Crippen molar-refractivity contribution in [3.8, 4) is 11.1 Å². The lowest BCUT2D eigenvalue weighted by molar-refractivity contribution is -0.118. The molecule has 0 saturated carbocycles. The summed E-state index contributed by atoms with van der Waals surface area (Å²) in [5, 5.41) is 5.90. The predicted molar refractivity (Wildman–Crippen MR) is 169 cm³/mol. The van der Waals surface area contributed by atoms with Crippen LogP contribution in [0.1, 0.15) is 69.6 Å². The van der Waals surface area contributed by atoms with Crippen LogP contribution in [0.5, 0.6) is 0 Å². The number of aliphatic imine (C=N–C) groups is 1. The number of carbonyl (C=O) groups excluding carboxylic acids is 2. The zero-order valence-corrected chi connectivity index (χ0v) is 25.3. The summed E-state index contributed by atoms with van der Waals surface area (Å²) >= 11 is 0. The van der Waals surface area contributed by atoms with E-state index in [1.54, 1.807) is 25.3 Å². The highest BCUT2D eigenvalue weighted by Crippen LogP contribution is 2.24. The van der Waals surface area contributed by atoms with E-state index in [0.717, 1.165) is 54.7 Å². The fraction of sp³-hybridized carbons (Fsp3) is 0.412. The van der Waals surface area contributed by atoms with E-state index in [1.165, 1.54) is 24.8 Å². The second kappa shape index (κ2) is 15.8. The Kier molecular flexibility index (Phi) is 12.2. The topological polar surface area (TPSA) is 86.7 Å². The van der Waals surface area contributed by atoms with Gasteiger partial charge in [-0.25, -0.2) is 0 Å². The van der Waals surface area contributed by atoms with Gasteiger partial charge < -0.3 is 10.6 Å².